The SMILES string of the molecule is CC(=O)[C@]1(O)Cc2c(O)c3c(c(O)c2[C@@H](O[C@H]2C[C@H](NP)[C@H](O)[C@H](C)O2)C1)C(=O)c1ccccc1C3=O. The highest BCUT2D eigenvalue weighted by atomic mass is 31.0. The van der Waals surface area contributed by atoms with E-state index in [2.05, 4.69) is 14.5 Å². The number of phenolic OH excluding ortho intramolecular Hbond substituents is 2. The molecule has 2 aromatic carbocycles. The second-order valence-electron chi connectivity index (χ2n) is 9.91. The van der Waals surface area contributed by atoms with Crippen LogP contribution in [0.1, 0.15) is 75.8 Å². The van der Waals surface area contributed by atoms with E-state index in [4.69, 9.17) is 9.47 Å². The van der Waals surface area contributed by atoms with Gasteiger partial charge in [-0.3, -0.25) is 19.5 Å². The van der Waals surface area contributed by atoms with Crippen molar-refractivity contribution in [2.75, 3.05) is 0 Å². The number of Topliss-reactive ketones (excluding diaryl/α,β-unsaturated/α-hetero) is 1. The summed E-state index contributed by atoms with van der Waals surface area (Å²) in [6, 6.07) is 5.70. The average molecular weight is 529 g/mol. The molecule has 10 nitrogen and oxygen atoms in total. The minimum absolute atomic E-state index is 0.0143. The fourth-order valence-corrected chi connectivity index (χ4v) is 5.89. The summed E-state index contributed by atoms with van der Waals surface area (Å²) in [5, 5.41) is 47.1. The van der Waals surface area contributed by atoms with Crippen LogP contribution in [0.2, 0.25) is 0 Å². The minimum Gasteiger partial charge on any atom is -0.507 e. The molecule has 0 spiro atoms. The highest BCUT2D eigenvalue weighted by molar-refractivity contribution is 7.13. The summed E-state index contributed by atoms with van der Waals surface area (Å²) in [5.74, 6) is -3.00. The zero-order chi connectivity index (χ0) is 26.8. The van der Waals surface area contributed by atoms with Gasteiger partial charge in [-0.2, -0.15) is 0 Å². The van der Waals surface area contributed by atoms with E-state index in [1.165, 1.54) is 19.1 Å². The van der Waals surface area contributed by atoms with Crippen LogP contribution in [0.4, 0.5) is 0 Å². The van der Waals surface area contributed by atoms with Gasteiger partial charge in [-0.25, -0.2) is 0 Å². The monoisotopic (exact) mass is 529 g/mol. The smallest absolute Gasteiger partial charge is 0.198 e. The fourth-order valence-electron chi connectivity index (χ4n) is 5.55. The standard InChI is InChI=1S/C26H28NO9P/c1-10-21(29)15(27-37)7-17(35-10)36-16-9-26(34,11(2)28)8-14-18(16)25(33)20-19(24(14)32)22(30)12-5-3-4-6-13(12)23(20)31/h3-6,10,15-17,21,27,29,32-34H,7-9,37H2,1-2H3/t10-,15-,16-,17-,21+,26-/m0/s1. The molecule has 7 atom stereocenters. The third kappa shape index (κ3) is 4.00. The number of nitrogens with one attached hydrogen (secondary N) is 1. The molecule has 1 aliphatic heterocycles. The van der Waals surface area contributed by atoms with Crippen LogP contribution in [0.5, 0.6) is 11.5 Å². The fraction of sp³-hybridized carbons (Fsp3) is 0.423. The average Bonchev–Trinajstić information content (AvgIpc) is 2.86. The molecular formula is C26H28NO9P. The van der Waals surface area contributed by atoms with E-state index in [9.17, 15) is 34.8 Å². The molecule has 2 aromatic rings. The number of rotatable bonds is 4. The Morgan fingerprint density at radius 3 is 2.30 bits per heavy atom. The lowest BCUT2D eigenvalue weighted by molar-refractivity contribution is -0.248. The molecule has 0 radical (unpaired) electrons. The summed E-state index contributed by atoms with van der Waals surface area (Å²) in [7, 11) is 2.33. The predicted octanol–water partition coefficient (Wildman–Crippen LogP) is 1.44. The molecule has 0 bridgehead atoms. The number of fused-ring (bicyclic) bond motifs is 3. The second-order valence-corrected chi connectivity index (χ2v) is 10.2. The van der Waals surface area contributed by atoms with Crippen molar-refractivity contribution in [1.29, 1.82) is 0 Å². The van der Waals surface area contributed by atoms with Gasteiger partial charge in [0.15, 0.2) is 23.6 Å². The summed E-state index contributed by atoms with van der Waals surface area (Å²) in [6.07, 6.45) is -4.00. The molecule has 1 unspecified atom stereocenters. The third-order valence-electron chi connectivity index (χ3n) is 7.67. The maximum absolute atomic E-state index is 13.4. The van der Waals surface area contributed by atoms with Crippen molar-refractivity contribution in [2.24, 2.45) is 0 Å². The zero-order valence-corrected chi connectivity index (χ0v) is 21.4. The number of carbonyl (C=O) groups excluding carboxylic acids is 3. The molecule has 0 aromatic heterocycles. The van der Waals surface area contributed by atoms with E-state index in [0.29, 0.717) is 0 Å². The molecular weight excluding hydrogens is 501 g/mol. The van der Waals surface area contributed by atoms with Gasteiger partial charge in [0, 0.05) is 47.6 Å². The first-order valence-electron chi connectivity index (χ1n) is 12.0. The number of phenols is 2. The number of aromatic hydroxyl groups is 2. The predicted molar refractivity (Wildman–Crippen MR) is 132 cm³/mol. The molecule has 5 N–H and O–H groups in total. The van der Waals surface area contributed by atoms with Gasteiger partial charge >= 0.3 is 0 Å². The van der Waals surface area contributed by atoms with E-state index in [0.717, 1.165) is 0 Å². The van der Waals surface area contributed by atoms with Gasteiger partial charge in [-0.05, 0) is 13.8 Å². The first-order chi connectivity index (χ1) is 17.5. The van der Waals surface area contributed by atoms with Crippen molar-refractivity contribution in [3.8, 4) is 11.5 Å². The zero-order valence-electron chi connectivity index (χ0n) is 20.2. The van der Waals surface area contributed by atoms with Gasteiger partial charge in [-0.15, -0.1) is 0 Å². The highest BCUT2D eigenvalue weighted by Gasteiger charge is 2.49. The lowest BCUT2D eigenvalue weighted by Gasteiger charge is -2.42. The van der Waals surface area contributed by atoms with E-state index in [-0.39, 0.29) is 52.6 Å². The van der Waals surface area contributed by atoms with Gasteiger partial charge in [0.25, 0.3) is 0 Å². The number of aliphatic hydroxyl groups is 2. The van der Waals surface area contributed by atoms with Gasteiger partial charge in [-0.1, -0.05) is 33.7 Å². The summed E-state index contributed by atoms with van der Waals surface area (Å²) in [4.78, 5) is 39.2. The van der Waals surface area contributed by atoms with Crippen molar-refractivity contribution in [3.05, 3.63) is 57.6 Å². The van der Waals surface area contributed by atoms with E-state index >= 15 is 0 Å². The Kier molecular flexibility index (Phi) is 6.47. The lowest BCUT2D eigenvalue weighted by atomic mass is 9.72. The number of hydrogen-bond acceptors (Lipinski definition) is 10. The number of aliphatic hydroxyl groups excluding tert-OH is 1. The molecule has 0 saturated carbocycles. The van der Waals surface area contributed by atoms with Gasteiger partial charge in [0.1, 0.15) is 17.1 Å². The Morgan fingerprint density at radius 1 is 1.14 bits per heavy atom. The molecule has 1 heterocycles. The van der Waals surface area contributed by atoms with Crippen molar-refractivity contribution in [3.63, 3.8) is 0 Å². The summed E-state index contributed by atoms with van der Waals surface area (Å²) >= 11 is 0. The van der Waals surface area contributed by atoms with Crippen LogP contribution in [-0.2, 0) is 20.7 Å². The molecule has 5 rings (SSSR count). The van der Waals surface area contributed by atoms with E-state index in [1.807, 2.05) is 0 Å². The maximum atomic E-state index is 13.4. The number of ketones is 3. The van der Waals surface area contributed by atoms with Crippen LogP contribution in [0, 0.1) is 0 Å². The van der Waals surface area contributed by atoms with Crippen molar-refractivity contribution in [2.45, 2.75) is 69.4 Å². The topological polar surface area (TPSA) is 163 Å². The van der Waals surface area contributed by atoms with Crippen LogP contribution in [0.3, 0.4) is 0 Å². The van der Waals surface area contributed by atoms with Crippen LogP contribution < -0.4 is 5.09 Å². The Morgan fingerprint density at radius 2 is 1.73 bits per heavy atom. The first-order valence-corrected chi connectivity index (χ1v) is 12.5. The van der Waals surface area contributed by atoms with Crippen molar-refractivity contribution < 1.29 is 44.3 Å². The summed E-state index contributed by atoms with van der Waals surface area (Å²) in [6.45, 7) is 2.86. The first kappa shape index (κ1) is 25.9. The number of benzene rings is 2. The van der Waals surface area contributed by atoms with Crippen LogP contribution in [0.25, 0.3) is 0 Å². The second kappa shape index (κ2) is 9.23. The molecule has 11 heteroatoms. The van der Waals surface area contributed by atoms with E-state index in [1.54, 1.807) is 19.1 Å². The van der Waals surface area contributed by atoms with E-state index < -0.39 is 65.1 Å². The molecule has 2 aliphatic carbocycles. The van der Waals surface area contributed by atoms with Gasteiger partial charge < -0.3 is 29.9 Å². The number of carbonyl (C=O) groups is 3. The summed E-state index contributed by atoms with van der Waals surface area (Å²) in [5.41, 5.74) is -2.54. The third-order valence-corrected chi connectivity index (χ3v) is 8.09. The number of ether oxygens (including phenoxy) is 2. The normalized spacial score (nSPS) is 30.9. The molecule has 1 saturated heterocycles. The Balaban J connectivity index is 1.65. The largest absolute Gasteiger partial charge is 0.507 e. The van der Waals surface area contributed by atoms with Crippen molar-refractivity contribution >= 4 is 26.7 Å². The Bertz CT molecular complexity index is 1330. The molecule has 37 heavy (non-hydrogen) atoms. The maximum Gasteiger partial charge on any atom is 0.198 e. The Labute approximate surface area is 214 Å². The van der Waals surface area contributed by atoms with Crippen molar-refractivity contribution in [1.82, 2.24) is 5.09 Å². The number of hydrogen-bond donors (Lipinski definition) is 5. The van der Waals surface area contributed by atoms with Crippen LogP contribution >= 0.6 is 9.39 Å². The van der Waals surface area contributed by atoms with Crippen LogP contribution in [-0.4, -0.2) is 67.9 Å². The van der Waals surface area contributed by atoms with Gasteiger partial charge in [0.05, 0.1) is 29.4 Å². The Hall–Kier alpha value is -2.72. The molecule has 0 amide bonds. The molecule has 3 aliphatic rings. The highest BCUT2D eigenvalue weighted by Crippen LogP contribution is 2.52. The van der Waals surface area contributed by atoms with Gasteiger partial charge in [0.2, 0.25) is 0 Å². The summed E-state index contributed by atoms with van der Waals surface area (Å²) < 4.78 is 11.9. The minimum atomic E-state index is -1.96. The molecule has 1 fully saturated rings. The molecule has 196 valence electrons. The van der Waals surface area contributed by atoms with Crippen LogP contribution in [0.15, 0.2) is 24.3 Å². The quantitative estimate of drug-likeness (QED) is 0.247. The lowest BCUT2D eigenvalue weighted by Crippen LogP contribution is -2.52.